The summed E-state index contributed by atoms with van der Waals surface area (Å²) in [6.07, 6.45) is 3.45. The van der Waals surface area contributed by atoms with Gasteiger partial charge in [0.1, 0.15) is 5.75 Å². The first-order valence-electron chi connectivity index (χ1n) is 6.69. The molecule has 0 aromatic carbocycles. The van der Waals surface area contributed by atoms with Crippen LogP contribution >= 0.6 is 0 Å². The Morgan fingerprint density at radius 2 is 2.05 bits per heavy atom. The van der Waals surface area contributed by atoms with E-state index in [1.54, 1.807) is 13.3 Å². The van der Waals surface area contributed by atoms with Gasteiger partial charge in [-0.05, 0) is 18.6 Å². The summed E-state index contributed by atoms with van der Waals surface area (Å²) in [4.78, 5) is 4.29. The van der Waals surface area contributed by atoms with Gasteiger partial charge in [-0.25, -0.2) is 0 Å². The number of ether oxygens (including phenoxy) is 3. The molecular weight excluding hydrogens is 244 g/mol. The molecule has 2 N–H and O–H groups in total. The largest absolute Gasteiger partial charge is 0.492 e. The summed E-state index contributed by atoms with van der Waals surface area (Å²) >= 11 is 0. The van der Waals surface area contributed by atoms with Crippen molar-refractivity contribution in [3.63, 3.8) is 0 Å². The van der Waals surface area contributed by atoms with Gasteiger partial charge < -0.3 is 19.9 Å². The number of nitrogens with two attached hydrogens (primary N) is 1. The predicted molar refractivity (Wildman–Crippen MR) is 74.3 cm³/mol. The topological polar surface area (TPSA) is 66.6 Å². The zero-order chi connectivity index (χ0) is 13.9. The Morgan fingerprint density at radius 3 is 2.68 bits per heavy atom. The first-order chi connectivity index (χ1) is 9.27. The molecule has 1 atom stereocenters. The Morgan fingerprint density at radius 1 is 1.21 bits per heavy atom. The van der Waals surface area contributed by atoms with Crippen LogP contribution in [-0.4, -0.2) is 38.5 Å². The molecule has 0 bridgehead atoms. The number of hydrogen-bond donors (Lipinski definition) is 1. The van der Waals surface area contributed by atoms with Crippen LogP contribution in [0.25, 0.3) is 0 Å². The lowest BCUT2D eigenvalue weighted by molar-refractivity contribution is 0.0644. The zero-order valence-electron chi connectivity index (χ0n) is 11.8. The molecule has 0 aliphatic heterocycles. The van der Waals surface area contributed by atoms with E-state index in [0.29, 0.717) is 26.4 Å². The number of nitrogens with zero attached hydrogens (tertiary/aromatic N) is 1. The van der Waals surface area contributed by atoms with Gasteiger partial charge in [-0.3, -0.25) is 4.98 Å². The lowest BCUT2D eigenvalue weighted by Crippen LogP contribution is -2.10. The molecular formula is C14H24N2O3. The Balaban J connectivity index is 2.16. The fraction of sp³-hybridized carbons (Fsp3) is 0.643. The number of aromatic nitrogens is 1. The van der Waals surface area contributed by atoms with Gasteiger partial charge in [-0.15, -0.1) is 0 Å². The average Bonchev–Trinajstić information content (AvgIpc) is 2.46. The molecule has 5 nitrogen and oxygen atoms in total. The van der Waals surface area contributed by atoms with E-state index in [1.807, 2.05) is 19.1 Å². The number of rotatable bonds is 10. The molecule has 5 heteroatoms. The third-order valence-electron chi connectivity index (χ3n) is 2.71. The Kier molecular flexibility index (Phi) is 8.13. The van der Waals surface area contributed by atoms with Crippen molar-refractivity contribution in [2.45, 2.75) is 25.8 Å². The fourth-order valence-corrected chi connectivity index (χ4v) is 1.50. The lowest BCUT2D eigenvalue weighted by atomic mass is 10.1. The van der Waals surface area contributed by atoms with Crippen LogP contribution in [0.3, 0.4) is 0 Å². The third kappa shape index (κ3) is 6.52. The van der Waals surface area contributed by atoms with Gasteiger partial charge in [0.25, 0.3) is 0 Å². The maximum Gasteiger partial charge on any atom is 0.137 e. The van der Waals surface area contributed by atoms with E-state index in [0.717, 1.165) is 24.3 Å². The Labute approximate surface area is 115 Å². The van der Waals surface area contributed by atoms with Crippen LogP contribution in [0.2, 0.25) is 0 Å². The molecule has 0 unspecified atom stereocenters. The predicted octanol–water partition coefficient (Wildman–Crippen LogP) is 1.92. The second kappa shape index (κ2) is 9.72. The number of hydrogen-bond acceptors (Lipinski definition) is 5. The lowest BCUT2D eigenvalue weighted by Gasteiger charge is -2.10. The van der Waals surface area contributed by atoms with E-state index >= 15 is 0 Å². The highest BCUT2D eigenvalue weighted by Gasteiger charge is 2.04. The molecule has 1 rings (SSSR count). The minimum atomic E-state index is 0.00299. The van der Waals surface area contributed by atoms with Gasteiger partial charge >= 0.3 is 0 Å². The summed E-state index contributed by atoms with van der Waals surface area (Å²) < 4.78 is 15.8. The molecule has 1 aromatic rings. The quantitative estimate of drug-likeness (QED) is 0.657. The minimum Gasteiger partial charge on any atom is -0.492 e. The van der Waals surface area contributed by atoms with E-state index < -0.39 is 0 Å². The van der Waals surface area contributed by atoms with E-state index in [1.165, 1.54) is 0 Å². The molecule has 0 spiro atoms. The van der Waals surface area contributed by atoms with Gasteiger partial charge in [-0.1, -0.05) is 6.92 Å². The molecule has 0 amide bonds. The molecule has 0 radical (unpaired) electrons. The molecule has 0 fully saturated rings. The van der Waals surface area contributed by atoms with Crippen LogP contribution < -0.4 is 10.5 Å². The molecule has 0 saturated carbocycles. The van der Waals surface area contributed by atoms with Crippen LogP contribution in [0.4, 0.5) is 0 Å². The minimum absolute atomic E-state index is 0.00299. The summed E-state index contributed by atoms with van der Waals surface area (Å²) in [6.45, 7) is 4.59. The summed E-state index contributed by atoms with van der Waals surface area (Å²) in [5.74, 6) is 0.768. The van der Waals surface area contributed by atoms with Gasteiger partial charge in [0, 0.05) is 26.2 Å². The highest BCUT2D eigenvalue weighted by atomic mass is 16.5. The van der Waals surface area contributed by atoms with Gasteiger partial charge in [-0.2, -0.15) is 0 Å². The van der Waals surface area contributed by atoms with E-state index in [-0.39, 0.29) is 6.04 Å². The summed E-state index contributed by atoms with van der Waals surface area (Å²) in [7, 11) is 1.66. The second-order valence-electron chi connectivity index (χ2n) is 4.24. The van der Waals surface area contributed by atoms with E-state index in [9.17, 15) is 0 Å². The van der Waals surface area contributed by atoms with Crippen molar-refractivity contribution in [1.29, 1.82) is 0 Å². The standard InChI is InChI=1S/C14H24N2O3/c1-3-13(15)14-6-5-12(11-16-14)19-8-4-7-18-10-9-17-2/h5-6,11,13H,3-4,7-10,15H2,1-2H3/t13-/m0/s1. The highest BCUT2D eigenvalue weighted by molar-refractivity contribution is 5.21. The molecule has 1 aromatic heterocycles. The van der Waals surface area contributed by atoms with Crippen molar-refractivity contribution in [2.75, 3.05) is 33.5 Å². The maximum atomic E-state index is 5.89. The molecule has 108 valence electrons. The van der Waals surface area contributed by atoms with Crippen LogP contribution in [-0.2, 0) is 9.47 Å². The summed E-state index contributed by atoms with van der Waals surface area (Å²) in [6, 6.07) is 3.82. The van der Waals surface area contributed by atoms with Crippen LogP contribution in [0.5, 0.6) is 5.75 Å². The van der Waals surface area contributed by atoms with Crippen molar-refractivity contribution < 1.29 is 14.2 Å². The molecule has 0 aliphatic rings. The Hall–Kier alpha value is -1.17. The third-order valence-corrected chi connectivity index (χ3v) is 2.71. The van der Waals surface area contributed by atoms with E-state index in [2.05, 4.69) is 4.98 Å². The van der Waals surface area contributed by atoms with Crippen LogP contribution in [0.15, 0.2) is 18.3 Å². The zero-order valence-corrected chi connectivity index (χ0v) is 11.8. The molecule has 0 aliphatic carbocycles. The van der Waals surface area contributed by atoms with Gasteiger partial charge in [0.05, 0.1) is 31.7 Å². The van der Waals surface area contributed by atoms with E-state index in [4.69, 9.17) is 19.9 Å². The average molecular weight is 268 g/mol. The SMILES string of the molecule is CC[C@H](N)c1ccc(OCCCOCCOC)cn1. The van der Waals surface area contributed by atoms with Gasteiger partial charge in [0.15, 0.2) is 0 Å². The fourth-order valence-electron chi connectivity index (χ4n) is 1.50. The summed E-state index contributed by atoms with van der Waals surface area (Å²) in [5, 5.41) is 0. The second-order valence-corrected chi connectivity index (χ2v) is 4.24. The molecule has 0 saturated heterocycles. The normalized spacial score (nSPS) is 12.4. The monoisotopic (exact) mass is 268 g/mol. The van der Waals surface area contributed by atoms with Crippen molar-refractivity contribution >= 4 is 0 Å². The van der Waals surface area contributed by atoms with Crippen molar-refractivity contribution in [1.82, 2.24) is 4.98 Å². The van der Waals surface area contributed by atoms with Gasteiger partial charge in [0.2, 0.25) is 0 Å². The van der Waals surface area contributed by atoms with Crippen molar-refractivity contribution in [3.05, 3.63) is 24.0 Å². The summed E-state index contributed by atoms with van der Waals surface area (Å²) in [5.41, 5.74) is 6.79. The highest BCUT2D eigenvalue weighted by Crippen LogP contribution is 2.15. The number of pyridine rings is 1. The smallest absolute Gasteiger partial charge is 0.137 e. The van der Waals surface area contributed by atoms with Crippen molar-refractivity contribution in [3.8, 4) is 5.75 Å². The van der Waals surface area contributed by atoms with Crippen molar-refractivity contribution in [2.24, 2.45) is 5.73 Å². The first-order valence-corrected chi connectivity index (χ1v) is 6.69. The molecule has 1 heterocycles. The molecule has 19 heavy (non-hydrogen) atoms. The van der Waals surface area contributed by atoms with Crippen LogP contribution in [0, 0.1) is 0 Å². The number of methoxy groups -OCH3 is 1. The maximum absolute atomic E-state index is 5.89. The van der Waals surface area contributed by atoms with Crippen LogP contribution in [0.1, 0.15) is 31.5 Å². The first kappa shape index (κ1) is 15.9. The Bertz CT molecular complexity index is 330.